The van der Waals surface area contributed by atoms with Gasteiger partial charge in [0.1, 0.15) is 6.33 Å². The summed E-state index contributed by atoms with van der Waals surface area (Å²) >= 11 is 0. The van der Waals surface area contributed by atoms with Crippen LogP contribution in [-0.4, -0.2) is 58.5 Å². The first kappa shape index (κ1) is 18.0. The molecular weight excluding hydrogens is 339 g/mol. The molecule has 1 aliphatic heterocycles. The number of piperazine rings is 1. The number of urea groups is 1. The van der Waals surface area contributed by atoms with Crippen LogP contribution in [0.3, 0.4) is 0 Å². The molecule has 1 aromatic carbocycles. The maximum atomic E-state index is 13.9. The first-order valence-corrected chi connectivity index (χ1v) is 8.61. The van der Waals surface area contributed by atoms with Crippen LogP contribution in [-0.2, 0) is 13.6 Å². The molecule has 0 radical (unpaired) electrons. The van der Waals surface area contributed by atoms with E-state index in [0.717, 1.165) is 5.95 Å². The summed E-state index contributed by atoms with van der Waals surface area (Å²) in [6.45, 7) is 5.05. The molecule has 0 aliphatic carbocycles. The topological polar surface area (TPSA) is 75.5 Å². The molecule has 1 N–H and O–H groups in total. The van der Waals surface area contributed by atoms with Crippen LogP contribution in [0.5, 0.6) is 5.75 Å². The Morgan fingerprint density at radius 2 is 2.08 bits per heavy atom. The Kier molecular flexibility index (Phi) is 5.55. The monoisotopic (exact) mass is 362 g/mol. The fraction of sp³-hybridized carbons (Fsp3) is 0.471. The zero-order chi connectivity index (χ0) is 18.5. The Bertz CT molecular complexity index is 757. The van der Waals surface area contributed by atoms with Gasteiger partial charge in [0.25, 0.3) is 0 Å². The molecule has 2 heterocycles. The number of ether oxygens (including phenoxy) is 1. The van der Waals surface area contributed by atoms with Crippen LogP contribution < -0.4 is 15.0 Å². The van der Waals surface area contributed by atoms with Gasteiger partial charge in [0.05, 0.1) is 6.61 Å². The SMILES string of the molecule is CCOc1ccc(CNC(=O)N2CCN(c3nncn3C)CC2)cc1F. The minimum absolute atomic E-state index is 0.156. The highest BCUT2D eigenvalue weighted by Crippen LogP contribution is 2.18. The van der Waals surface area contributed by atoms with Crippen molar-refractivity contribution in [1.82, 2.24) is 25.0 Å². The highest BCUT2D eigenvalue weighted by atomic mass is 19.1. The van der Waals surface area contributed by atoms with E-state index in [1.807, 2.05) is 11.6 Å². The molecule has 140 valence electrons. The molecule has 9 heteroatoms. The molecule has 8 nitrogen and oxygen atoms in total. The van der Waals surface area contributed by atoms with Crippen molar-refractivity contribution >= 4 is 12.0 Å². The third-order valence-electron chi connectivity index (χ3n) is 4.28. The van der Waals surface area contributed by atoms with E-state index in [1.54, 1.807) is 30.3 Å². The van der Waals surface area contributed by atoms with Crippen LogP contribution in [0.2, 0.25) is 0 Å². The molecule has 2 amide bonds. The maximum Gasteiger partial charge on any atom is 0.317 e. The zero-order valence-corrected chi connectivity index (χ0v) is 15.0. The van der Waals surface area contributed by atoms with Gasteiger partial charge in [-0.1, -0.05) is 6.07 Å². The highest BCUT2D eigenvalue weighted by molar-refractivity contribution is 5.74. The van der Waals surface area contributed by atoms with Crippen LogP contribution in [0.15, 0.2) is 24.5 Å². The Morgan fingerprint density at radius 1 is 1.31 bits per heavy atom. The van der Waals surface area contributed by atoms with Crippen LogP contribution >= 0.6 is 0 Å². The lowest BCUT2D eigenvalue weighted by Gasteiger charge is -2.34. The van der Waals surface area contributed by atoms with Gasteiger partial charge in [-0.25, -0.2) is 9.18 Å². The van der Waals surface area contributed by atoms with Crippen molar-refractivity contribution in [2.75, 3.05) is 37.7 Å². The number of rotatable bonds is 5. The number of halogens is 1. The average molecular weight is 362 g/mol. The van der Waals surface area contributed by atoms with Gasteiger partial charge in [-0.2, -0.15) is 0 Å². The van der Waals surface area contributed by atoms with E-state index in [1.165, 1.54) is 6.07 Å². The van der Waals surface area contributed by atoms with Gasteiger partial charge in [-0.3, -0.25) is 0 Å². The summed E-state index contributed by atoms with van der Waals surface area (Å²) in [6, 6.07) is 4.56. The largest absolute Gasteiger partial charge is 0.491 e. The number of carbonyl (C=O) groups is 1. The average Bonchev–Trinajstić information content (AvgIpc) is 3.08. The first-order chi connectivity index (χ1) is 12.6. The van der Waals surface area contributed by atoms with Gasteiger partial charge in [0.2, 0.25) is 5.95 Å². The first-order valence-electron chi connectivity index (χ1n) is 8.61. The number of nitrogens with one attached hydrogen (secondary N) is 1. The van der Waals surface area contributed by atoms with Crippen molar-refractivity contribution in [3.05, 3.63) is 35.9 Å². The van der Waals surface area contributed by atoms with E-state index in [0.29, 0.717) is 38.3 Å². The molecule has 26 heavy (non-hydrogen) atoms. The maximum absolute atomic E-state index is 13.9. The Balaban J connectivity index is 1.49. The molecule has 1 fully saturated rings. The molecule has 0 saturated carbocycles. The fourth-order valence-electron chi connectivity index (χ4n) is 2.89. The summed E-state index contributed by atoms with van der Waals surface area (Å²) in [7, 11) is 1.89. The van der Waals surface area contributed by atoms with Crippen LogP contribution in [0, 0.1) is 5.82 Å². The summed E-state index contributed by atoms with van der Waals surface area (Å²) in [6.07, 6.45) is 1.66. The summed E-state index contributed by atoms with van der Waals surface area (Å²) in [5.74, 6) is 0.605. The molecule has 1 aromatic heterocycles. The molecule has 0 spiro atoms. The third kappa shape index (κ3) is 4.04. The smallest absolute Gasteiger partial charge is 0.317 e. The van der Waals surface area contributed by atoms with Crippen molar-refractivity contribution < 1.29 is 13.9 Å². The minimum atomic E-state index is -0.420. The van der Waals surface area contributed by atoms with Gasteiger partial charge in [0.15, 0.2) is 11.6 Å². The molecular formula is C17H23FN6O2. The third-order valence-corrected chi connectivity index (χ3v) is 4.28. The van der Waals surface area contributed by atoms with Crippen LogP contribution in [0.4, 0.5) is 15.1 Å². The van der Waals surface area contributed by atoms with Crippen molar-refractivity contribution in [2.45, 2.75) is 13.5 Å². The van der Waals surface area contributed by atoms with Crippen LogP contribution in [0.1, 0.15) is 12.5 Å². The van der Waals surface area contributed by atoms with E-state index in [-0.39, 0.29) is 18.3 Å². The van der Waals surface area contributed by atoms with Crippen molar-refractivity contribution in [3.8, 4) is 5.75 Å². The summed E-state index contributed by atoms with van der Waals surface area (Å²) in [4.78, 5) is 16.2. The fourth-order valence-corrected chi connectivity index (χ4v) is 2.89. The number of anilines is 1. The molecule has 0 bridgehead atoms. The molecule has 0 atom stereocenters. The van der Waals surface area contributed by atoms with Crippen LogP contribution in [0.25, 0.3) is 0 Å². The van der Waals surface area contributed by atoms with E-state index < -0.39 is 5.82 Å². The molecule has 0 unspecified atom stereocenters. The minimum Gasteiger partial charge on any atom is -0.491 e. The lowest BCUT2D eigenvalue weighted by molar-refractivity contribution is 0.193. The molecule has 2 aromatic rings. The lowest BCUT2D eigenvalue weighted by atomic mass is 10.2. The number of hydrogen-bond donors (Lipinski definition) is 1. The highest BCUT2D eigenvalue weighted by Gasteiger charge is 2.23. The van der Waals surface area contributed by atoms with Gasteiger partial charge >= 0.3 is 6.03 Å². The summed E-state index contributed by atoms with van der Waals surface area (Å²) < 4.78 is 20.9. The van der Waals surface area contributed by atoms with E-state index in [4.69, 9.17) is 4.74 Å². The van der Waals surface area contributed by atoms with E-state index in [9.17, 15) is 9.18 Å². The van der Waals surface area contributed by atoms with Gasteiger partial charge < -0.3 is 24.4 Å². The number of carbonyl (C=O) groups excluding carboxylic acids is 1. The Hall–Kier alpha value is -2.84. The molecule has 1 aliphatic rings. The number of amides is 2. The van der Waals surface area contributed by atoms with Gasteiger partial charge in [0, 0.05) is 39.8 Å². The number of aromatic nitrogens is 3. The van der Waals surface area contributed by atoms with Crippen molar-refractivity contribution in [1.29, 1.82) is 0 Å². The molecule has 3 rings (SSSR count). The van der Waals surface area contributed by atoms with E-state index >= 15 is 0 Å². The number of aryl methyl sites for hydroxylation is 1. The predicted molar refractivity (Wildman–Crippen MR) is 94.6 cm³/mol. The summed E-state index contributed by atoms with van der Waals surface area (Å²) in [5, 5.41) is 10.8. The second kappa shape index (κ2) is 8.03. The second-order valence-electron chi connectivity index (χ2n) is 6.07. The second-order valence-corrected chi connectivity index (χ2v) is 6.07. The van der Waals surface area contributed by atoms with Gasteiger partial charge in [-0.15, -0.1) is 10.2 Å². The standard InChI is InChI=1S/C17H23FN6O2/c1-3-26-15-5-4-13(10-14(15)18)11-19-17(25)24-8-6-23(7-9-24)16-21-20-12-22(16)2/h4-5,10,12H,3,6-9,11H2,1-2H3,(H,19,25). The predicted octanol–water partition coefficient (Wildman–Crippen LogP) is 1.38. The molecule has 1 saturated heterocycles. The number of benzene rings is 1. The summed E-state index contributed by atoms with van der Waals surface area (Å²) in [5.41, 5.74) is 0.692. The van der Waals surface area contributed by atoms with Crippen molar-refractivity contribution in [3.63, 3.8) is 0 Å². The number of nitrogens with zero attached hydrogens (tertiary/aromatic N) is 5. The van der Waals surface area contributed by atoms with Gasteiger partial charge in [-0.05, 0) is 24.6 Å². The number of hydrogen-bond acceptors (Lipinski definition) is 5. The normalized spacial score (nSPS) is 14.4. The van der Waals surface area contributed by atoms with Crippen molar-refractivity contribution in [2.24, 2.45) is 7.05 Å². The Labute approximate surface area is 151 Å². The quantitative estimate of drug-likeness (QED) is 0.870. The Morgan fingerprint density at radius 3 is 2.69 bits per heavy atom. The van der Waals surface area contributed by atoms with E-state index in [2.05, 4.69) is 20.4 Å². The zero-order valence-electron chi connectivity index (χ0n) is 15.0. The lowest BCUT2D eigenvalue weighted by Crippen LogP contribution is -2.52.